The van der Waals surface area contributed by atoms with Crippen LogP contribution >= 0.6 is 0 Å². The van der Waals surface area contributed by atoms with Crippen molar-refractivity contribution in [3.8, 4) is 0 Å². The number of hydrogen-bond acceptors (Lipinski definition) is 2. The van der Waals surface area contributed by atoms with Crippen LogP contribution in [0.4, 0.5) is 0 Å². The van der Waals surface area contributed by atoms with Gasteiger partial charge in [-0.3, -0.25) is 0 Å². The van der Waals surface area contributed by atoms with Gasteiger partial charge in [0.25, 0.3) is 0 Å². The van der Waals surface area contributed by atoms with E-state index in [1.54, 1.807) is 0 Å². The standard InChI is InChI=1S/C12H21NO/c1-14-12-8-4-7-11(9-12)13-10-5-2-3-6-10/h2-3,10-13H,4-9H2,1H3. The molecule has 0 aromatic rings. The number of nitrogens with one attached hydrogen (secondary N) is 1. The molecule has 2 unspecified atom stereocenters. The van der Waals surface area contributed by atoms with Gasteiger partial charge in [0.1, 0.15) is 0 Å². The number of ether oxygens (including phenoxy) is 1. The van der Waals surface area contributed by atoms with Crippen molar-refractivity contribution in [1.29, 1.82) is 0 Å². The number of hydrogen-bond donors (Lipinski definition) is 1. The maximum absolute atomic E-state index is 5.43. The predicted molar refractivity (Wildman–Crippen MR) is 58.4 cm³/mol. The van der Waals surface area contributed by atoms with Gasteiger partial charge in [0, 0.05) is 19.2 Å². The Morgan fingerprint density at radius 2 is 1.93 bits per heavy atom. The van der Waals surface area contributed by atoms with E-state index in [0.29, 0.717) is 18.2 Å². The molecular weight excluding hydrogens is 174 g/mol. The summed E-state index contributed by atoms with van der Waals surface area (Å²) >= 11 is 0. The highest BCUT2D eigenvalue weighted by Crippen LogP contribution is 2.22. The molecule has 2 aliphatic carbocycles. The highest BCUT2D eigenvalue weighted by atomic mass is 16.5. The van der Waals surface area contributed by atoms with E-state index in [1.165, 1.54) is 38.5 Å². The van der Waals surface area contributed by atoms with Crippen LogP contribution < -0.4 is 5.32 Å². The zero-order valence-corrected chi connectivity index (χ0v) is 9.04. The first kappa shape index (κ1) is 10.2. The summed E-state index contributed by atoms with van der Waals surface area (Å²) in [5, 5.41) is 3.74. The Bertz CT molecular complexity index is 194. The molecular formula is C12H21NO. The van der Waals surface area contributed by atoms with Crippen LogP contribution in [0, 0.1) is 0 Å². The molecule has 2 aliphatic rings. The van der Waals surface area contributed by atoms with Crippen LogP contribution in [-0.4, -0.2) is 25.3 Å². The first-order valence-corrected chi connectivity index (χ1v) is 5.82. The van der Waals surface area contributed by atoms with E-state index in [4.69, 9.17) is 4.74 Å². The number of methoxy groups -OCH3 is 1. The second kappa shape index (κ2) is 4.94. The smallest absolute Gasteiger partial charge is 0.0586 e. The molecule has 14 heavy (non-hydrogen) atoms. The molecule has 0 radical (unpaired) electrons. The zero-order chi connectivity index (χ0) is 9.80. The van der Waals surface area contributed by atoms with Gasteiger partial charge in [-0.05, 0) is 38.5 Å². The van der Waals surface area contributed by atoms with E-state index in [9.17, 15) is 0 Å². The average Bonchev–Trinajstić information content (AvgIpc) is 2.71. The molecule has 0 aliphatic heterocycles. The molecule has 2 nitrogen and oxygen atoms in total. The fraction of sp³-hybridized carbons (Fsp3) is 0.833. The van der Waals surface area contributed by atoms with Crippen LogP contribution in [0.1, 0.15) is 38.5 Å². The summed E-state index contributed by atoms with van der Waals surface area (Å²) in [7, 11) is 1.84. The van der Waals surface area contributed by atoms with Gasteiger partial charge in [-0.15, -0.1) is 0 Å². The maximum atomic E-state index is 5.43. The molecule has 0 amide bonds. The molecule has 0 aromatic carbocycles. The fourth-order valence-corrected chi connectivity index (χ4v) is 2.60. The minimum absolute atomic E-state index is 0.496. The largest absolute Gasteiger partial charge is 0.381 e. The second-order valence-electron chi connectivity index (χ2n) is 4.53. The summed E-state index contributed by atoms with van der Waals surface area (Å²) in [5.74, 6) is 0. The molecule has 1 saturated carbocycles. The lowest BCUT2D eigenvalue weighted by Crippen LogP contribution is -2.41. The summed E-state index contributed by atoms with van der Waals surface area (Å²) in [6, 6.07) is 1.40. The topological polar surface area (TPSA) is 21.3 Å². The van der Waals surface area contributed by atoms with Crippen LogP contribution in [0.15, 0.2) is 12.2 Å². The maximum Gasteiger partial charge on any atom is 0.0586 e. The van der Waals surface area contributed by atoms with E-state index >= 15 is 0 Å². The summed E-state index contributed by atoms with van der Waals surface area (Å²) in [6.07, 6.45) is 12.6. The van der Waals surface area contributed by atoms with Gasteiger partial charge in [0.2, 0.25) is 0 Å². The van der Waals surface area contributed by atoms with Gasteiger partial charge in [-0.2, -0.15) is 0 Å². The Labute approximate surface area is 86.7 Å². The Morgan fingerprint density at radius 3 is 2.64 bits per heavy atom. The minimum Gasteiger partial charge on any atom is -0.381 e. The van der Waals surface area contributed by atoms with Gasteiger partial charge < -0.3 is 10.1 Å². The van der Waals surface area contributed by atoms with E-state index in [2.05, 4.69) is 17.5 Å². The normalized spacial score (nSPS) is 33.8. The van der Waals surface area contributed by atoms with Crippen molar-refractivity contribution in [2.45, 2.75) is 56.7 Å². The summed E-state index contributed by atoms with van der Waals surface area (Å²) in [6.45, 7) is 0. The molecule has 2 rings (SSSR count). The first-order chi connectivity index (χ1) is 6.88. The summed E-state index contributed by atoms with van der Waals surface area (Å²) in [5.41, 5.74) is 0. The van der Waals surface area contributed by atoms with E-state index in [1.807, 2.05) is 7.11 Å². The molecule has 2 heteroatoms. The lowest BCUT2D eigenvalue weighted by atomic mass is 9.92. The molecule has 0 spiro atoms. The van der Waals surface area contributed by atoms with Gasteiger partial charge >= 0.3 is 0 Å². The van der Waals surface area contributed by atoms with Crippen molar-refractivity contribution >= 4 is 0 Å². The molecule has 80 valence electrons. The Morgan fingerprint density at radius 1 is 1.14 bits per heavy atom. The van der Waals surface area contributed by atoms with Gasteiger partial charge in [0.05, 0.1) is 6.10 Å². The van der Waals surface area contributed by atoms with Gasteiger partial charge in [0.15, 0.2) is 0 Å². The SMILES string of the molecule is COC1CCCC(NC2CC=CC2)C1. The van der Waals surface area contributed by atoms with E-state index in [0.717, 1.165) is 0 Å². The van der Waals surface area contributed by atoms with Crippen molar-refractivity contribution < 1.29 is 4.74 Å². The predicted octanol–water partition coefficient (Wildman–Crippen LogP) is 2.25. The van der Waals surface area contributed by atoms with Crippen LogP contribution in [0.3, 0.4) is 0 Å². The zero-order valence-electron chi connectivity index (χ0n) is 9.04. The molecule has 1 fully saturated rings. The Hall–Kier alpha value is -0.340. The quantitative estimate of drug-likeness (QED) is 0.697. The summed E-state index contributed by atoms with van der Waals surface area (Å²) < 4.78 is 5.43. The van der Waals surface area contributed by atoms with Crippen molar-refractivity contribution in [2.24, 2.45) is 0 Å². The highest BCUT2D eigenvalue weighted by molar-refractivity contribution is 4.99. The average molecular weight is 195 g/mol. The third-order valence-electron chi connectivity index (χ3n) is 3.44. The Kier molecular flexibility index (Phi) is 3.60. The van der Waals surface area contributed by atoms with Crippen LogP contribution in [0.2, 0.25) is 0 Å². The first-order valence-electron chi connectivity index (χ1n) is 5.82. The molecule has 0 saturated heterocycles. The summed E-state index contributed by atoms with van der Waals surface area (Å²) in [4.78, 5) is 0. The molecule has 0 bridgehead atoms. The van der Waals surface area contributed by atoms with Crippen molar-refractivity contribution in [3.05, 3.63) is 12.2 Å². The fourth-order valence-electron chi connectivity index (χ4n) is 2.60. The molecule has 2 atom stereocenters. The second-order valence-corrected chi connectivity index (χ2v) is 4.53. The lowest BCUT2D eigenvalue weighted by Gasteiger charge is -2.31. The van der Waals surface area contributed by atoms with Crippen molar-refractivity contribution in [2.75, 3.05) is 7.11 Å². The van der Waals surface area contributed by atoms with E-state index < -0.39 is 0 Å². The lowest BCUT2D eigenvalue weighted by molar-refractivity contribution is 0.0571. The van der Waals surface area contributed by atoms with Crippen LogP contribution in [0.5, 0.6) is 0 Å². The van der Waals surface area contributed by atoms with Gasteiger partial charge in [-0.25, -0.2) is 0 Å². The van der Waals surface area contributed by atoms with Crippen molar-refractivity contribution in [3.63, 3.8) is 0 Å². The molecule has 0 heterocycles. The number of rotatable bonds is 3. The minimum atomic E-state index is 0.496. The Balaban J connectivity index is 1.74. The molecule has 1 N–H and O–H groups in total. The highest BCUT2D eigenvalue weighted by Gasteiger charge is 2.23. The third-order valence-corrected chi connectivity index (χ3v) is 3.44. The van der Waals surface area contributed by atoms with E-state index in [-0.39, 0.29) is 0 Å². The van der Waals surface area contributed by atoms with Gasteiger partial charge in [-0.1, -0.05) is 12.2 Å². The van der Waals surface area contributed by atoms with Crippen LogP contribution in [0.25, 0.3) is 0 Å². The van der Waals surface area contributed by atoms with Crippen LogP contribution in [-0.2, 0) is 4.74 Å². The monoisotopic (exact) mass is 195 g/mol. The third kappa shape index (κ3) is 2.58. The van der Waals surface area contributed by atoms with Crippen molar-refractivity contribution in [1.82, 2.24) is 5.32 Å². The molecule has 0 aromatic heterocycles.